The van der Waals surface area contributed by atoms with Crippen molar-refractivity contribution in [1.29, 1.82) is 0 Å². The van der Waals surface area contributed by atoms with Crippen LogP contribution in [0.5, 0.6) is 11.5 Å². The molecule has 0 aliphatic rings. The summed E-state index contributed by atoms with van der Waals surface area (Å²) in [4.78, 5) is 28.1. The lowest BCUT2D eigenvalue weighted by Crippen LogP contribution is -2.50. The quantitative estimate of drug-likeness (QED) is 0.469. The first kappa shape index (κ1) is 26.5. The number of methoxy groups -OCH3 is 2. The second kappa shape index (κ2) is 13.1. The fourth-order valence-electron chi connectivity index (χ4n) is 3.58. The zero-order valence-electron chi connectivity index (χ0n) is 20.2. The number of ether oxygens (including phenoxy) is 2. The molecular weight excluding hydrogens is 440 g/mol. The molecule has 0 spiro atoms. The monoisotopic (exact) mass is 474 g/mol. The number of benzene rings is 2. The smallest absolute Gasteiger partial charge is 0.243 e. The highest BCUT2D eigenvalue weighted by Gasteiger charge is 2.29. The van der Waals surface area contributed by atoms with Crippen molar-refractivity contribution in [1.82, 2.24) is 10.2 Å². The first-order chi connectivity index (χ1) is 15.8. The minimum Gasteiger partial charge on any atom is -0.493 e. The number of nitrogens with zero attached hydrogens (tertiary/aromatic N) is 1. The third-order valence-electron chi connectivity index (χ3n) is 5.73. The summed E-state index contributed by atoms with van der Waals surface area (Å²) in [5, 5.41) is 3.66. The number of hydrogen-bond donors (Lipinski definition) is 1. The highest BCUT2D eigenvalue weighted by atomic mass is 35.5. The van der Waals surface area contributed by atoms with Crippen molar-refractivity contribution >= 4 is 23.4 Å². The SMILES string of the molecule is CC[C@@H](C)NC(=O)[C@@H](CC)N(Cc1ccc(Cl)cc1)C(=O)CCc1ccc(OC)c(OC)c1. The highest BCUT2D eigenvalue weighted by Crippen LogP contribution is 2.28. The fraction of sp³-hybridized carbons (Fsp3) is 0.462. The summed E-state index contributed by atoms with van der Waals surface area (Å²) in [6, 6.07) is 12.5. The van der Waals surface area contributed by atoms with E-state index in [2.05, 4.69) is 5.32 Å². The van der Waals surface area contributed by atoms with E-state index in [0.717, 1.165) is 17.5 Å². The molecular formula is C26H35ClN2O4. The van der Waals surface area contributed by atoms with E-state index in [9.17, 15) is 9.59 Å². The summed E-state index contributed by atoms with van der Waals surface area (Å²) in [7, 11) is 3.17. The van der Waals surface area contributed by atoms with Crippen LogP contribution in [0.3, 0.4) is 0 Å². The van der Waals surface area contributed by atoms with Gasteiger partial charge in [-0.3, -0.25) is 9.59 Å². The molecule has 0 fully saturated rings. The van der Waals surface area contributed by atoms with E-state index < -0.39 is 6.04 Å². The maximum absolute atomic E-state index is 13.4. The number of nitrogens with one attached hydrogen (secondary N) is 1. The topological polar surface area (TPSA) is 67.9 Å². The van der Waals surface area contributed by atoms with Gasteiger partial charge in [0.05, 0.1) is 14.2 Å². The van der Waals surface area contributed by atoms with E-state index in [1.807, 2.05) is 51.1 Å². The first-order valence-corrected chi connectivity index (χ1v) is 11.8. The van der Waals surface area contributed by atoms with Gasteiger partial charge in [-0.1, -0.05) is 43.6 Å². The average Bonchev–Trinajstić information content (AvgIpc) is 2.83. The molecule has 0 saturated carbocycles. The molecule has 1 N–H and O–H groups in total. The van der Waals surface area contributed by atoms with E-state index in [4.69, 9.17) is 21.1 Å². The van der Waals surface area contributed by atoms with Crippen LogP contribution >= 0.6 is 11.6 Å². The standard InChI is InChI=1S/C26H35ClN2O4/c1-6-18(3)28-26(31)22(7-2)29(17-20-8-12-21(27)13-9-20)25(30)15-11-19-10-14-23(32-4)24(16-19)33-5/h8-10,12-14,16,18,22H,6-7,11,15,17H2,1-5H3,(H,28,31)/t18-,22-/m1/s1. The summed E-state index contributed by atoms with van der Waals surface area (Å²) in [5.74, 6) is 1.07. The van der Waals surface area contributed by atoms with Gasteiger partial charge in [-0.2, -0.15) is 0 Å². The van der Waals surface area contributed by atoms with E-state index in [-0.39, 0.29) is 24.3 Å². The molecule has 0 radical (unpaired) electrons. The summed E-state index contributed by atoms with van der Waals surface area (Å²) < 4.78 is 10.7. The lowest BCUT2D eigenvalue weighted by Gasteiger charge is -2.31. The van der Waals surface area contributed by atoms with Crippen LogP contribution in [-0.4, -0.2) is 43.0 Å². The first-order valence-electron chi connectivity index (χ1n) is 11.4. The van der Waals surface area contributed by atoms with Crippen LogP contribution < -0.4 is 14.8 Å². The van der Waals surface area contributed by atoms with Crippen molar-refractivity contribution in [2.24, 2.45) is 0 Å². The Morgan fingerprint density at radius 3 is 2.18 bits per heavy atom. The largest absolute Gasteiger partial charge is 0.493 e. The minimum absolute atomic E-state index is 0.0470. The van der Waals surface area contributed by atoms with E-state index in [1.165, 1.54) is 0 Å². The van der Waals surface area contributed by atoms with Gasteiger partial charge in [0.1, 0.15) is 6.04 Å². The molecule has 33 heavy (non-hydrogen) atoms. The Kier molecular flexibility index (Phi) is 10.5. The zero-order valence-corrected chi connectivity index (χ0v) is 20.9. The summed E-state index contributed by atoms with van der Waals surface area (Å²) in [6.07, 6.45) is 2.15. The van der Waals surface area contributed by atoms with Gasteiger partial charge < -0.3 is 19.7 Å². The number of halogens is 1. The Bertz CT molecular complexity index is 917. The Hall–Kier alpha value is -2.73. The van der Waals surface area contributed by atoms with Gasteiger partial charge in [-0.25, -0.2) is 0 Å². The molecule has 0 unspecified atom stereocenters. The normalized spacial score (nSPS) is 12.5. The van der Waals surface area contributed by atoms with Crippen LogP contribution in [0, 0.1) is 0 Å². The predicted molar refractivity (Wildman–Crippen MR) is 132 cm³/mol. The molecule has 0 heterocycles. The molecule has 7 heteroatoms. The maximum atomic E-state index is 13.4. The number of carbonyl (C=O) groups is 2. The van der Waals surface area contributed by atoms with Gasteiger partial charge in [0.2, 0.25) is 11.8 Å². The lowest BCUT2D eigenvalue weighted by atomic mass is 10.1. The van der Waals surface area contributed by atoms with Gasteiger partial charge in [0, 0.05) is 24.0 Å². The number of carbonyl (C=O) groups excluding carboxylic acids is 2. The van der Waals surface area contributed by atoms with Crippen LogP contribution in [0.25, 0.3) is 0 Å². The molecule has 0 bridgehead atoms. The number of amides is 2. The van der Waals surface area contributed by atoms with Gasteiger partial charge in [-0.05, 0) is 61.6 Å². The van der Waals surface area contributed by atoms with Crippen LogP contribution in [0.15, 0.2) is 42.5 Å². The van der Waals surface area contributed by atoms with Crippen LogP contribution in [0.4, 0.5) is 0 Å². The molecule has 6 nitrogen and oxygen atoms in total. The third kappa shape index (κ3) is 7.67. The predicted octanol–water partition coefficient (Wildman–Crippen LogP) is 5.01. The fourth-order valence-corrected chi connectivity index (χ4v) is 3.70. The molecule has 0 saturated heterocycles. The molecule has 180 valence electrons. The van der Waals surface area contributed by atoms with Gasteiger partial charge in [-0.15, -0.1) is 0 Å². The number of hydrogen-bond acceptors (Lipinski definition) is 4. The summed E-state index contributed by atoms with van der Waals surface area (Å²) in [6.45, 7) is 6.25. The van der Waals surface area contributed by atoms with Crippen molar-refractivity contribution in [3.63, 3.8) is 0 Å². The van der Waals surface area contributed by atoms with E-state index in [0.29, 0.717) is 35.9 Å². The Balaban J connectivity index is 2.22. The van der Waals surface area contributed by atoms with Crippen molar-refractivity contribution in [2.75, 3.05) is 14.2 Å². The molecule has 2 rings (SSSR count). The van der Waals surface area contributed by atoms with Gasteiger partial charge >= 0.3 is 0 Å². The van der Waals surface area contributed by atoms with Gasteiger partial charge in [0.15, 0.2) is 11.5 Å². The van der Waals surface area contributed by atoms with Crippen molar-refractivity contribution in [3.05, 3.63) is 58.6 Å². The lowest BCUT2D eigenvalue weighted by molar-refractivity contribution is -0.141. The van der Waals surface area contributed by atoms with Crippen molar-refractivity contribution in [3.8, 4) is 11.5 Å². The minimum atomic E-state index is -0.549. The molecule has 0 aliphatic carbocycles. The summed E-state index contributed by atoms with van der Waals surface area (Å²) in [5.41, 5.74) is 1.89. The summed E-state index contributed by atoms with van der Waals surface area (Å²) >= 11 is 6.02. The van der Waals surface area contributed by atoms with Crippen molar-refractivity contribution in [2.45, 2.75) is 65.1 Å². The maximum Gasteiger partial charge on any atom is 0.243 e. The average molecular weight is 475 g/mol. The molecule has 0 aliphatic heterocycles. The Labute approximate surface area is 202 Å². The zero-order chi connectivity index (χ0) is 24.4. The van der Waals surface area contributed by atoms with Crippen LogP contribution in [0.2, 0.25) is 5.02 Å². The number of aryl methyl sites for hydroxylation is 1. The number of rotatable bonds is 12. The second-order valence-electron chi connectivity index (χ2n) is 8.08. The van der Waals surface area contributed by atoms with E-state index in [1.54, 1.807) is 31.3 Å². The molecule has 2 amide bonds. The highest BCUT2D eigenvalue weighted by molar-refractivity contribution is 6.30. The molecule has 2 atom stereocenters. The Morgan fingerprint density at radius 1 is 0.970 bits per heavy atom. The second-order valence-corrected chi connectivity index (χ2v) is 8.52. The van der Waals surface area contributed by atoms with E-state index >= 15 is 0 Å². The molecule has 2 aromatic carbocycles. The van der Waals surface area contributed by atoms with Crippen molar-refractivity contribution < 1.29 is 19.1 Å². The third-order valence-corrected chi connectivity index (χ3v) is 5.98. The van der Waals surface area contributed by atoms with Crippen LogP contribution in [-0.2, 0) is 22.6 Å². The van der Waals surface area contributed by atoms with Crippen LogP contribution in [0.1, 0.15) is 51.2 Å². The Morgan fingerprint density at radius 2 is 1.61 bits per heavy atom. The molecule has 2 aromatic rings. The molecule has 0 aromatic heterocycles. The van der Waals surface area contributed by atoms with Gasteiger partial charge in [0.25, 0.3) is 0 Å².